The van der Waals surface area contributed by atoms with Crippen LogP contribution in [0.15, 0.2) is 22.5 Å². The normalized spacial score (nSPS) is 15.9. The summed E-state index contributed by atoms with van der Waals surface area (Å²) in [6.07, 6.45) is 1.77. The topological polar surface area (TPSA) is 51.7 Å². The zero-order chi connectivity index (χ0) is 19.4. The lowest BCUT2D eigenvalue weighted by molar-refractivity contribution is 0.0219. The molecule has 0 atom stereocenters. The molecule has 1 aromatic carbocycles. The van der Waals surface area contributed by atoms with Crippen LogP contribution < -0.4 is 4.74 Å². The molecule has 1 fully saturated rings. The zero-order valence-electron chi connectivity index (χ0n) is 16.2. The number of thiazole rings is 1. The second-order valence-electron chi connectivity index (χ2n) is 7.39. The van der Waals surface area contributed by atoms with E-state index in [1.165, 1.54) is 0 Å². The lowest BCUT2D eigenvalue weighted by Gasteiger charge is -2.32. The molecule has 1 aromatic heterocycles. The zero-order valence-corrected chi connectivity index (χ0v) is 18.6. The van der Waals surface area contributed by atoms with Gasteiger partial charge in [0.25, 0.3) is 0 Å². The Hall–Kier alpha value is -1.12. The molecule has 1 aliphatic rings. The molecule has 3 rings (SSSR count). The van der Waals surface area contributed by atoms with Crippen molar-refractivity contribution in [1.82, 2.24) is 9.88 Å². The van der Waals surface area contributed by atoms with Crippen molar-refractivity contribution >= 4 is 49.2 Å². The van der Waals surface area contributed by atoms with Crippen molar-refractivity contribution in [3.05, 3.63) is 18.2 Å². The fourth-order valence-corrected chi connectivity index (χ4v) is 6.64. The van der Waals surface area contributed by atoms with E-state index >= 15 is 0 Å². The molecular formula is C19H26N2O3S3. The number of ether oxygens (including phenoxy) is 2. The van der Waals surface area contributed by atoms with Gasteiger partial charge in [0.05, 0.1) is 16.8 Å². The first-order chi connectivity index (χ1) is 12.8. The second kappa shape index (κ2) is 8.92. The molecule has 2 heterocycles. The number of hydrogen-bond acceptors (Lipinski definition) is 7. The molecule has 8 heteroatoms. The molecular weight excluding hydrogens is 400 g/mol. The van der Waals surface area contributed by atoms with Gasteiger partial charge in [-0.05, 0) is 69.5 Å². The summed E-state index contributed by atoms with van der Waals surface area (Å²) in [7, 11) is 3.60. The Kier molecular flexibility index (Phi) is 6.81. The summed E-state index contributed by atoms with van der Waals surface area (Å²) in [4.78, 5) is 18.7. The summed E-state index contributed by atoms with van der Waals surface area (Å²) in [6, 6.07) is 6.05. The van der Waals surface area contributed by atoms with E-state index in [1.807, 2.05) is 55.5 Å². The van der Waals surface area contributed by atoms with Crippen molar-refractivity contribution in [2.45, 2.75) is 55.7 Å². The fraction of sp³-hybridized carbons (Fsp3) is 0.579. The average molecular weight is 427 g/mol. The number of piperidine rings is 1. The standard InChI is InChI=1S/C19H26N2O3S3/c1-5-23-13-6-7-15-16(12-13)25-17(20-15)27-26-14-8-10-21(11-9-14)18(22)24-19(2,3)4/h6-7,12,14H,5,8-11H2,1-4H3. The predicted octanol–water partition coefficient (Wildman–Crippen LogP) is 5.83. The largest absolute Gasteiger partial charge is 0.494 e. The number of nitrogens with zero attached hydrogens (tertiary/aromatic N) is 2. The minimum absolute atomic E-state index is 0.199. The van der Waals surface area contributed by atoms with E-state index in [0.29, 0.717) is 11.9 Å². The molecule has 5 nitrogen and oxygen atoms in total. The van der Waals surface area contributed by atoms with Gasteiger partial charge in [0, 0.05) is 18.3 Å². The fourth-order valence-electron chi connectivity index (χ4n) is 2.75. The molecule has 27 heavy (non-hydrogen) atoms. The van der Waals surface area contributed by atoms with Crippen LogP contribution in [-0.2, 0) is 4.74 Å². The Morgan fingerprint density at radius 2 is 2.07 bits per heavy atom. The summed E-state index contributed by atoms with van der Waals surface area (Å²) in [5.41, 5.74) is 0.583. The van der Waals surface area contributed by atoms with Crippen molar-refractivity contribution < 1.29 is 14.3 Å². The maximum Gasteiger partial charge on any atom is 0.410 e. The Balaban J connectivity index is 1.48. The monoisotopic (exact) mass is 426 g/mol. The van der Waals surface area contributed by atoms with Gasteiger partial charge in [0.2, 0.25) is 0 Å². The maximum atomic E-state index is 12.1. The van der Waals surface area contributed by atoms with E-state index in [2.05, 4.69) is 6.07 Å². The highest BCUT2D eigenvalue weighted by molar-refractivity contribution is 8.77. The third-order valence-electron chi connectivity index (χ3n) is 4.00. The molecule has 0 saturated carbocycles. The van der Waals surface area contributed by atoms with Crippen LogP contribution in [0.2, 0.25) is 0 Å². The number of hydrogen-bond donors (Lipinski definition) is 0. The van der Waals surface area contributed by atoms with Gasteiger partial charge in [-0.2, -0.15) is 0 Å². The molecule has 0 N–H and O–H groups in total. The van der Waals surface area contributed by atoms with E-state index in [-0.39, 0.29) is 6.09 Å². The molecule has 0 unspecified atom stereocenters. The highest BCUT2D eigenvalue weighted by Crippen LogP contribution is 2.42. The molecule has 148 valence electrons. The smallest absolute Gasteiger partial charge is 0.410 e. The molecule has 0 bridgehead atoms. The van der Waals surface area contributed by atoms with Crippen LogP contribution in [-0.4, -0.2) is 46.5 Å². The van der Waals surface area contributed by atoms with Gasteiger partial charge < -0.3 is 14.4 Å². The minimum atomic E-state index is -0.437. The first kappa shape index (κ1) is 20.6. The summed E-state index contributed by atoms with van der Waals surface area (Å²) < 4.78 is 13.2. The van der Waals surface area contributed by atoms with E-state index in [0.717, 1.165) is 46.2 Å². The SMILES string of the molecule is CCOc1ccc2nc(SSC3CCN(C(=O)OC(C)(C)C)CC3)sc2c1. The molecule has 0 aliphatic carbocycles. The summed E-state index contributed by atoms with van der Waals surface area (Å²) in [5.74, 6) is 0.896. The number of likely N-dealkylation sites (tertiary alicyclic amines) is 1. The van der Waals surface area contributed by atoms with E-state index in [9.17, 15) is 4.79 Å². The van der Waals surface area contributed by atoms with Crippen LogP contribution in [0.25, 0.3) is 10.2 Å². The minimum Gasteiger partial charge on any atom is -0.494 e. The third kappa shape index (κ3) is 5.93. The van der Waals surface area contributed by atoms with Crippen molar-refractivity contribution in [3.8, 4) is 5.75 Å². The number of carbonyl (C=O) groups excluding carboxylic acids is 1. The van der Waals surface area contributed by atoms with Gasteiger partial charge in [0.15, 0.2) is 4.34 Å². The lowest BCUT2D eigenvalue weighted by atomic mass is 10.1. The van der Waals surface area contributed by atoms with Crippen LogP contribution >= 0.6 is 32.9 Å². The van der Waals surface area contributed by atoms with Gasteiger partial charge in [-0.25, -0.2) is 9.78 Å². The number of fused-ring (bicyclic) bond motifs is 1. The van der Waals surface area contributed by atoms with Crippen LogP contribution in [0, 0.1) is 0 Å². The van der Waals surface area contributed by atoms with Crippen molar-refractivity contribution in [2.24, 2.45) is 0 Å². The van der Waals surface area contributed by atoms with Crippen molar-refractivity contribution in [2.75, 3.05) is 19.7 Å². The van der Waals surface area contributed by atoms with Crippen LogP contribution in [0.3, 0.4) is 0 Å². The number of aromatic nitrogens is 1. The molecule has 1 aliphatic heterocycles. The Morgan fingerprint density at radius 3 is 2.74 bits per heavy atom. The van der Waals surface area contributed by atoms with Crippen molar-refractivity contribution in [1.29, 1.82) is 0 Å². The Morgan fingerprint density at radius 1 is 1.33 bits per heavy atom. The predicted molar refractivity (Wildman–Crippen MR) is 115 cm³/mol. The molecule has 0 radical (unpaired) electrons. The van der Waals surface area contributed by atoms with Crippen LogP contribution in [0.5, 0.6) is 5.75 Å². The van der Waals surface area contributed by atoms with Crippen LogP contribution in [0.1, 0.15) is 40.5 Å². The maximum absolute atomic E-state index is 12.1. The van der Waals surface area contributed by atoms with E-state index < -0.39 is 5.60 Å². The first-order valence-corrected chi connectivity index (χ1v) is 12.2. The molecule has 2 aromatic rings. The van der Waals surface area contributed by atoms with Crippen molar-refractivity contribution in [3.63, 3.8) is 0 Å². The van der Waals surface area contributed by atoms with Gasteiger partial charge in [-0.1, -0.05) is 10.8 Å². The van der Waals surface area contributed by atoms with Gasteiger partial charge in [0.1, 0.15) is 11.4 Å². The number of benzene rings is 1. The second-order valence-corrected chi connectivity index (χ2v) is 11.2. The average Bonchev–Trinajstić information content (AvgIpc) is 3.01. The Bertz CT molecular complexity index is 780. The lowest BCUT2D eigenvalue weighted by Crippen LogP contribution is -2.42. The number of amides is 1. The van der Waals surface area contributed by atoms with E-state index in [1.54, 1.807) is 22.1 Å². The van der Waals surface area contributed by atoms with Crippen LogP contribution in [0.4, 0.5) is 4.79 Å². The third-order valence-corrected chi connectivity index (χ3v) is 8.28. The highest BCUT2D eigenvalue weighted by atomic mass is 33.1. The number of rotatable bonds is 5. The first-order valence-electron chi connectivity index (χ1n) is 9.18. The highest BCUT2D eigenvalue weighted by Gasteiger charge is 2.27. The summed E-state index contributed by atoms with van der Waals surface area (Å²) in [6.45, 7) is 9.88. The van der Waals surface area contributed by atoms with Gasteiger partial charge in [-0.3, -0.25) is 0 Å². The van der Waals surface area contributed by atoms with Gasteiger partial charge in [-0.15, -0.1) is 11.3 Å². The number of carbonyl (C=O) groups is 1. The Labute approximate surface area is 172 Å². The summed E-state index contributed by atoms with van der Waals surface area (Å²) >= 11 is 1.70. The van der Waals surface area contributed by atoms with E-state index in [4.69, 9.17) is 14.5 Å². The summed E-state index contributed by atoms with van der Waals surface area (Å²) in [5, 5.41) is 0.527. The quantitative estimate of drug-likeness (QED) is 0.560. The van der Waals surface area contributed by atoms with Gasteiger partial charge >= 0.3 is 6.09 Å². The molecule has 1 saturated heterocycles. The molecule has 1 amide bonds. The molecule has 0 spiro atoms.